The molecule has 1 amide bonds. The summed E-state index contributed by atoms with van der Waals surface area (Å²) >= 11 is 0. The third kappa shape index (κ3) is 2.44. The van der Waals surface area contributed by atoms with E-state index in [1.807, 2.05) is 11.9 Å². The van der Waals surface area contributed by atoms with Crippen LogP contribution in [0.4, 0.5) is 11.6 Å². The van der Waals surface area contributed by atoms with Crippen molar-refractivity contribution >= 4 is 17.5 Å². The SMILES string of the molecule is CC1CCCN1c1ncnc2c1CN(C1CCC1)C(=O)CN2C. The van der Waals surface area contributed by atoms with Crippen molar-refractivity contribution in [3.8, 4) is 0 Å². The number of aromatic nitrogens is 2. The predicted molar refractivity (Wildman–Crippen MR) is 89.5 cm³/mol. The molecule has 6 heteroatoms. The Morgan fingerprint density at radius 3 is 2.48 bits per heavy atom. The molecule has 1 aromatic heterocycles. The van der Waals surface area contributed by atoms with Crippen molar-refractivity contribution < 1.29 is 4.79 Å². The predicted octanol–water partition coefficient (Wildman–Crippen LogP) is 1.80. The Hall–Kier alpha value is -1.85. The number of fused-ring (bicyclic) bond motifs is 1. The van der Waals surface area contributed by atoms with Gasteiger partial charge in [0, 0.05) is 25.7 Å². The maximum Gasteiger partial charge on any atom is 0.242 e. The molecule has 1 aromatic rings. The summed E-state index contributed by atoms with van der Waals surface area (Å²) in [6.45, 7) is 4.38. The highest BCUT2D eigenvalue weighted by molar-refractivity contribution is 5.84. The highest BCUT2D eigenvalue weighted by atomic mass is 16.2. The van der Waals surface area contributed by atoms with Crippen LogP contribution in [0.3, 0.4) is 0 Å². The average Bonchev–Trinajstić information content (AvgIpc) is 2.85. The summed E-state index contributed by atoms with van der Waals surface area (Å²) < 4.78 is 0. The van der Waals surface area contributed by atoms with Crippen molar-refractivity contribution in [3.63, 3.8) is 0 Å². The smallest absolute Gasteiger partial charge is 0.242 e. The van der Waals surface area contributed by atoms with Crippen LogP contribution in [-0.2, 0) is 11.3 Å². The number of hydrogen-bond donors (Lipinski definition) is 0. The molecule has 124 valence electrons. The van der Waals surface area contributed by atoms with Crippen LogP contribution in [0.15, 0.2) is 6.33 Å². The van der Waals surface area contributed by atoms with Crippen molar-refractivity contribution in [3.05, 3.63) is 11.9 Å². The van der Waals surface area contributed by atoms with Gasteiger partial charge in [-0.15, -0.1) is 0 Å². The molecule has 0 N–H and O–H groups in total. The van der Waals surface area contributed by atoms with E-state index in [0.29, 0.717) is 25.2 Å². The first-order chi connectivity index (χ1) is 11.1. The van der Waals surface area contributed by atoms with Crippen LogP contribution in [0.5, 0.6) is 0 Å². The molecule has 3 aliphatic rings. The molecule has 6 nitrogen and oxygen atoms in total. The van der Waals surface area contributed by atoms with E-state index in [4.69, 9.17) is 0 Å². The molecule has 1 aliphatic carbocycles. The molecule has 1 atom stereocenters. The van der Waals surface area contributed by atoms with E-state index in [1.165, 1.54) is 19.3 Å². The summed E-state index contributed by atoms with van der Waals surface area (Å²) in [5, 5.41) is 0. The Labute approximate surface area is 137 Å². The summed E-state index contributed by atoms with van der Waals surface area (Å²) in [6.07, 6.45) is 7.57. The Bertz CT molecular complexity index is 615. The number of carbonyl (C=O) groups excluding carboxylic acids is 1. The Morgan fingerprint density at radius 2 is 1.83 bits per heavy atom. The molecule has 0 aromatic carbocycles. The van der Waals surface area contributed by atoms with Gasteiger partial charge in [-0.3, -0.25) is 4.79 Å². The summed E-state index contributed by atoms with van der Waals surface area (Å²) in [7, 11) is 1.96. The largest absolute Gasteiger partial charge is 0.353 e. The zero-order valence-electron chi connectivity index (χ0n) is 14.0. The maximum absolute atomic E-state index is 12.6. The van der Waals surface area contributed by atoms with Gasteiger partial charge < -0.3 is 14.7 Å². The van der Waals surface area contributed by atoms with Gasteiger partial charge in [-0.2, -0.15) is 0 Å². The normalized spacial score (nSPS) is 25.4. The minimum atomic E-state index is 0.218. The quantitative estimate of drug-likeness (QED) is 0.833. The number of anilines is 2. The van der Waals surface area contributed by atoms with E-state index in [-0.39, 0.29) is 5.91 Å². The van der Waals surface area contributed by atoms with Crippen LogP contribution in [0, 0.1) is 0 Å². The molecule has 2 aliphatic heterocycles. The molecule has 2 fully saturated rings. The maximum atomic E-state index is 12.6. The second-order valence-corrected chi connectivity index (χ2v) is 7.15. The highest BCUT2D eigenvalue weighted by Gasteiger charge is 2.35. The van der Waals surface area contributed by atoms with Crippen molar-refractivity contribution in [2.75, 3.05) is 29.9 Å². The highest BCUT2D eigenvalue weighted by Crippen LogP contribution is 2.36. The van der Waals surface area contributed by atoms with E-state index >= 15 is 0 Å². The van der Waals surface area contributed by atoms with Gasteiger partial charge in [0.15, 0.2) is 0 Å². The van der Waals surface area contributed by atoms with Crippen LogP contribution in [0.1, 0.15) is 44.6 Å². The standard InChI is InChI=1S/C17H25N5O/c1-12-5-4-8-21(12)17-14-9-22(13-6-3-7-13)15(23)10-20(2)16(14)18-11-19-17/h11-13H,3-10H2,1-2H3. The zero-order chi connectivity index (χ0) is 16.0. The second kappa shape index (κ2) is 5.65. The Kier molecular flexibility index (Phi) is 3.62. The summed E-state index contributed by atoms with van der Waals surface area (Å²) in [6, 6.07) is 0.918. The van der Waals surface area contributed by atoms with Gasteiger partial charge in [-0.25, -0.2) is 9.97 Å². The average molecular weight is 315 g/mol. The van der Waals surface area contributed by atoms with E-state index in [0.717, 1.165) is 36.6 Å². The number of likely N-dealkylation sites (N-methyl/N-ethyl adjacent to an activating group) is 1. The van der Waals surface area contributed by atoms with Gasteiger partial charge in [-0.1, -0.05) is 0 Å². The summed E-state index contributed by atoms with van der Waals surface area (Å²) in [5.74, 6) is 2.17. The fraction of sp³-hybridized carbons (Fsp3) is 0.706. The lowest BCUT2D eigenvalue weighted by Gasteiger charge is -2.37. The van der Waals surface area contributed by atoms with Crippen molar-refractivity contribution in [2.45, 2.75) is 57.7 Å². The fourth-order valence-corrected chi connectivity index (χ4v) is 4.02. The number of amides is 1. The van der Waals surface area contributed by atoms with Crippen molar-refractivity contribution in [1.82, 2.24) is 14.9 Å². The lowest BCUT2D eigenvalue weighted by atomic mass is 9.91. The Morgan fingerprint density at radius 1 is 1.04 bits per heavy atom. The van der Waals surface area contributed by atoms with E-state index in [9.17, 15) is 4.79 Å². The summed E-state index contributed by atoms with van der Waals surface area (Å²) in [4.78, 5) is 28.2. The number of carbonyl (C=O) groups is 1. The Balaban J connectivity index is 1.74. The van der Waals surface area contributed by atoms with E-state index < -0.39 is 0 Å². The van der Waals surface area contributed by atoms with Crippen molar-refractivity contribution in [1.29, 1.82) is 0 Å². The minimum Gasteiger partial charge on any atom is -0.353 e. The van der Waals surface area contributed by atoms with Gasteiger partial charge in [0.25, 0.3) is 0 Å². The molecule has 1 saturated heterocycles. The first kappa shape index (κ1) is 14.7. The first-order valence-electron chi connectivity index (χ1n) is 8.76. The van der Waals surface area contributed by atoms with Gasteiger partial charge in [0.1, 0.15) is 18.0 Å². The number of hydrogen-bond acceptors (Lipinski definition) is 5. The molecule has 4 rings (SSSR count). The molecule has 1 saturated carbocycles. The van der Waals surface area contributed by atoms with E-state index in [1.54, 1.807) is 6.33 Å². The van der Waals surface area contributed by atoms with Crippen LogP contribution in [-0.4, -0.2) is 53.0 Å². The minimum absolute atomic E-state index is 0.218. The third-order valence-corrected chi connectivity index (χ3v) is 5.62. The molecule has 3 heterocycles. The first-order valence-corrected chi connectivity index (χ1v) is 8.76. The van der Waals surface area contributed by atoms with Gasteiger partial charge in [0.2, 0.25) is 5.91 Å². The van der Waals surface area contributed by atoms with Crippen LogP contribution in [0.25, 0.3) is 0 Å². The molecular formula is C17H25N5O. The van der Waals surface area contributed by atoms with E-state index in [2.05, 4.69) is 26.7 Å². The molecule has 0 bridgehead atoms. The van der Waals surface area contributed by atoms with Crippen LogP contribution >= 0.6 is 0 Å². The van der Waals surface area contributed by atoms with Gasteiger partial charge in [-0.05, 0) is 39.0 Å². The van der Waals surface area contributed by atoms with Gasteiger partial charge >= 0.3 is 0 Å². The van der Waals surface area contributed by atoms with Crippen molar-refractivity contribution in [2.24, 2.45) is 0 Å². The molecule has 0 radical (unpaired) electrons. The topological polar surface area (TPSA) is 52.6 Å². The monoisotopic (exact) mass is 315 g/mol. The van der Waals surface area contributed by atoms with Gasteiger partial charge in [0.05, 0.1) is 18.7 Å². The second-order valence-electron chi connectivity index (χ2n) is 7.15. The fourth-order valence-electron chi connectivity index (χ4n) is 4.02. The zero-order valence-corrected chi connectivity index (χ0v) is 14.0. The molecule has 1 unspecified atom stereocenters. The van der Waals surface area contributed by atoms with Crippen LogP contribution in [0.2, 0.25) is 0 Å². The third-order valence-electron chi connectivity index (χ3n) is 5.62. The lowest BCUT2D eigenvalue weighted by Crippen LogP contribution is -2.45. The van der Waals surface area contributed by atoms with Crippen LogP contribution < -0.4 is 9.80 Å². The number of nitrogens with zero attached hydrogens (tertiary/aromatic N) is 5. The molecule has 23 heavy (non-hydrogen) atoms. The lowest BCUT2D eigenvalue weighted by molar-refractivity contribution is -0.134. The molecule has 0 spiro atoms. The molecular weight excluding hydrogens is 290 g/mol. The summed E-state index contributed by atoms with van der Waals surface area (Å²) in [5.41, 5.74) is 1.13. The number of rotatable bonds is 2.